The number of nitro groups is 1. The molecule has 0 radical (unpaired) electrons. The molecule has 0 aromatic carbocycles. The van der Waals surface area contributed by atoms with E-state index in [1.807, 2.05) is 0 Å². The molecule has 1 fully saturated rings. The van der Waals surface area contributed by atoms with Gasteiger partial charge in [0.15, 0.2) is 0 Å². The predicted molar refractivity (Wildman–Crippen MR) is 74.5 cm³/mol. The third kappa shape index (κ3) is 3.08. The molecule has 8 nitrogen and oxygen atoms in total. The number of anilines is 1. The number of nitrogens with zero attached hydrogens (tertiary/aromatic N) is 4. The minimum absolute atomic E-state index is 0.0306. The molecule has 2 heterocycles. The molecule has 21 heavy (non-hydrogen) atoms. The Morgan fingerprint density at radius 2 is 2.48 bits per heavy atom. The third-order valence-corrected chi connectivity index (χ3v) is 3.41. The topological polar surface area (TPSA) is 112 Å². The summed E-state index contributed by atoms with van der Waals surface area (Å²) in [5, 5.41) is 23.0. The number of amides is 1. The van der Waals surface area contributed by atoms with Crippen molar-refractivity contribution >= 4 is 17.4 Å². The molecule has 0 spiro atoms. The van der Waals surface area contributed by atoms with Crippen molar-refractivity contribution in [1.29, 1.82) is 5.26 Å². The van der Waals surface area contributed by atoms with Crippen molar-refractivity contribution in [1.82, 2.24) is 9.88 Å². The molecule has 0 bridgehead atoms. The normalized spacial score (nSPS) is 17.3. The molecule has 1 aromatic heterocycles. The lowest BCUT2D eigenvalue weighted by molar-refractivity contribution is -0.384. The maximum absolute atomic E-state index is 11.6. The second kappa shape index (κ2) is 6.17. The highest BCUT2D eigenvalue weighted by atomic mass is 16.6. The Bertz CT molecular complexity index is 610. The number of likely N-dealkylation sites (tertiary alicyclic amines) is 1. The minimum atomic E-state index is -0.613. The molecule has 0 saturated carbocycles. The zero-order chi connectivity index (χ0) is 15.4. The Kier molecular flexibility index (Phi) is 4.33. The summed E-state index contributed by atoms with van der Waals surface area (Å²) in [5.41, 5.74) is -0.350. The molecular formula is C13H15N5O3. The molecule has 1 unspecified atom stereocenters. The molecule has 1 N–H and O–H groups in total. The van der Waals surface area contributed by atoms with Crippen molar-refractivity contribution in [2.45, 2.75) is 25.8 Å². The molecule has 2 rings (SSSR count). The van der Waals surface area contributed by atoms with E-state index >= 15 is 0 Å². The molecular weight excluding hydrogens is 274 g/mol. The number of carbonyl (C=O) groups excluding carboxylic acids is 1. The van der Waals surface area contributed by atoms with E-state index in [4.69, 9.17) is 5.26 Å². The summed E-state index contributed by atoms with van der Waals surface area (Å²) < 4.78 is 0. The zero-order valence-corrected chi connectivity index (χ0v) is 11.6. The first kappa shape index (κ1) is 14.7. The lowest BCUT2D eigenvalue weighted by Crippen LogP contribution is -2.31. The average Bonchev–Trinajstić information content (AvgIpc) is 2.94. The number of rotatable bonds is 4. The first-order valence-corrected chi connectivity index (χ1v) is 6.64. The van der Waals surface area contributed by atoms with Gasteiger partial charge in [0, 0.05) is 31.7 Å². The summed E-state index contributed by atoms with van der Waals surface area (Å²) in [7, 11) is 0. The molecule has 0 aliphatic carbocycles. The van der Waals surface area contributed by atoms with Crippen molar-refractivity contribution in [3.63, 3.8) is 0 Å². The van der Waals surface area contributed by atoms with Crippen LogP contribution in [-0.4, -0.2) is 39.8 Å². The van der Waals surface area contributed by atoms with Crippen molar-refractivity contribution < 1.29 is 9.72 Å². The zero-order valence-electron chi connectivity index (χ0n) is 11.6. The predicted octanol–water partition coefficient (Wildman–Crippen LogP) is 1.28. The van der Waals surface area contributed by atoms with E-state index in [1.54, 1.807) is 17.9 Å². The molecule has 110 valence electrons. The second-order valence-corrected chi connectivity index (χ2v) is 4.75. The minimum Gasteiger partial charge on any atom is -0.360 e. The van der Waals surface area contributed by atoms with Crippen molar-refractivity contribution in [3.05, 3.63) is 27.9 Å². The number of hydrogen-bond donors (Lipinski definition) is 1. The third-order valence-electron chi connectivity index (χ3n) is 3.41. The number of aromatic nitrogens is 1. The van der Waals surface area contributed by atoms with E-state index in [-0.39, 0.29) is 29.0 Å². The smallest absolute Gasteiger partial charge is 0.328 e. The van der Waals surface area contributed by atoms with Gasteiger partial charge in [-0.1, -0.05) is 6.92 Å². The Labute approximate surface area is 121 Å². The van der Waals surface area contributed by atoms with Gasteiger partial charge in [-0.2, -0.15) is 5.26 Å². The fraction of sp³-hybridized carbons (Fsp3) is 0.462. The molecule has 1 atom stereocenters. The van der Waals surface area contributed by atoms with Crippen molar-refractivity contribution in [3.8, 4) is 6.07 Å². The van der Waals surface area contributed by atoms with E-state index in [9.17, 15) is 14.9 Å². The monoisotopic (exact) mass is 289 g/mol. The Balaban J connectivity index is 2.16. The fourth-order valence-electron chi connectivity index (χ4n) is 2.36. The highest BCUT2D eigenvalue weighted by molar-refractivity contribution is 5.76. The summed E-state index contributed by atoms with van der Waals surface area (Å²) in [6, 6.07) is 3.01. The van der Waals surface area contributed by atoms with E-state index in [2.05, 4.69) is 10.3 Å². The van der Waals surface area contributed by atoms with E-state index in [0.29, 0.717) is 25.9 Å². The maximum atomic E-state index is 11.6. The van der Waals surface area contributed by atoms with Gasteiger partial charge in [0.05, 0.1) is 4.92 Å². The SMILES string of the molecule is CCC(=O)N1CCC(Nc2nccc(C#N)c2[N+](=O)[O-])C1. The highest BCUT2D eigenvalue weighted by Crippen LogP contribution is 2.27. The molecule has 1 saturated heterocycles. The lowest BCUT2D eigenvalue weighted by Gasteiger charge is -2.16. The van der Waals surface area contributed by atoms with Gasteiger partial charge in [-0.3, -0.25) is 14.9 Å². The first-order valence-electron chi connectivity index (χ1n) is 6.64. The van der Waals surface area contributed by atoms with Crippen LogP contribution in [0.5, 0.6) is 0 Å². The van der Waals surface area contributed by atoms with E-state index in [0.717, 1.165) is 0 Å². The van der Waals surface area contributed by atoms with Crippen LogP contribution in [0.4, 0.5) is 11.5 Å². The Morgan fingerprint density at radius 3 is 3.10 bits per heavy atom. The maximum Gasteiger partial charge on any atom is 0.328 e. The number of hydrogen-bond acceptors (Lipinski definition) is 6. The van der Waals surface area contributed by atoms with Gasteiger partial charge in [0.1, 0.15) is 11.6 Å². The Morgan fingerprint density at radius 1 is 1.71 bits per heavy atom. The van der Waals surface area contributed by atoms with Gasteiger partial charge >= 0.3 is 5.69 Å². The average molecular weight is 289 g/mol. The number of nitrogens with one attached hydrogen (secondary N) is 1. The van der Waals surface area contributed by atoms with E-state index < -0.39 is 4.92 Å². The van der Waals surface area contributed by atoms with Gasteiger partial charge in [-0.15, -0.1) is 0 Å². The molecule has 1 aliphatic heterocycles. The summed E-state index contributed by atoms with van der Waals surface area (Å²) in [5.74, 6) is 0.141. The number of carbonyl (C=O) groups is 1. The van der Waals surface area contributed by atoms with Crippen LogP contribution in [0.2, 0.25) is 0 Å². The lowest BCUT2D eigenvalue weighted by atomic mass is 10.2. The first-order chi connectivity index (χ1) is 10.1. The van der Waals surface area contributed by atoms with Crippen LogP contribution in [-0.2, 0) is 4.79 Å². The largest absolute Gasteiger partial charge is 0.360 e. The summed E-state index contributed by atoms with van der Waals surface area (Å²) >= 11 is 0. The van der Waals surface area contributed by atoms with Gasteiger partial charge in [0.2, 0.25) is 11.7 Å². The van der Waals surface area contributed by atoms with Gasteiger partial charge in [-0.25, -0.2) is 4.98 Å². The van der Waals surface area contributed by atoms with Gasteiger partial charge < -0.3 is 10.2 Å². The molecule has 1 aliphatic rings. The van der Waals surface area contributed by atoms with Crippen LogP contribution in [0, 0.1) is 21.4 Å². The van der Waals surface area contributed by atoms with Crippen LogP contribution < -0.4 is 5.32 Å². The van der Waals surface area contributed by atoms with Crippen LogP contribution in [0.1, 0.15) is 25.3 Å². The van der Waals surface area contributed by atoms with Crippen molar-refractivity contribution in [2.75, 3.05) is 18.4 Å². The highest BCUT2D eigenvalue weighted by Gasteiger charge is 2.28. The molecule has 8 heteroatoms. The standard InChI is InChI=1S/C13H15N5O3/c1-2-11(19)17-6-4-10(8-17)16-13-12(18(20)21)9(7-14)3-5-15-13/h3,5,10H,2,4,6,8H2,1H3,(H,15,16). The van der Waals surface area contributed by atoms with Crippen LogP contribution >= 0.6 is 0 Å². The number of pyridine rings is 1. The summed E-state index contributed by atoms with van der Waals surface area (Å²) in [6.45, 7) is 2.91. The van der Waals surface area contributed by atoms with Crippen LogP contribution in [0.3, 0.4) is 0 Å². The quantitative estimate of drug-likeness (QED) is 0.660. The number of nitriles is 1. The van der Waals surface area contributed by atoms with Crippen LogP contribution in [0.25, 0.3) is 0 Å². The van der Waals surface area contributed by atoms with Crippen LogP contribution in [0.15, 0.2) is 12.3 Å². The summed E-state index contributed by atoms with van der Waals surface area (Å²) in [4.78, 5) is 27.8. The Hall–Kier alpha value is -2.69. The van der Waals surface area contributed by atoms with Gasteiger partial charge in [-0.05, 0) is 12.5 Å². The van der Waals surface area contributed by atoms with E-state index in [1.165, 1.54) is 12.3 Å². The fourth-order valence-corrected chi connectivity index (χ4v) is 2.36. The summed E-state index contributed by atoms with van der Waals surface area (Å²) in [6.07, 6.45) is 2.49. The van der Waals surface area contributed by atoms with Gasteiger partial charge in [0.25, 0.3) is 0 Å². The molecule has 1 aromatic rings. The second-order valence-electron chi connectivity index (χ2n) is 4.75. The molecule has 1 amide bonds. The van der Waals surface area contributed by atoms with Crippen molar-refractivity contribution in [2.24, 2.45) is 0 Å².